The number of hydrogen-bond acceptors (Lipinski definition) is 5. The lowest BCUT2D eigenvalue weighted by Gasteiger charge is -2.02. The molecule has 0 saturated heterocycles. The molecule has 18 heavy (non-hydrogen) atoms. The lowest BCUT2D eigenvalue weighted by Crippen LogP contribution is -2.06. The third-order valence-electron chi connectivity index (χ3n) is 2.49. The van der Waals surface area contributed by atoms with Crippen LogP contribution in [0.25, 0.3) is 11.1 Å². The summed E-state index contributed by atoms with van der Waals surface area (Å²) in [7, 11) is 0. The molecule has 1 aromatic heterocycles. The Bertz CT molecular complexity index is 557. The number of nitrogens with zero attached hydrogens (tertiary/aromatic N) is 1. The Balaban J connectivity index is 2.46. The van der Waals surface area contributed by atoms with Crippen LogP contribution in [0.1, 0.15) is 23.2 Å². The lowest BCUT2D eigenvalue weighted by molar-refractivity contribution is 0.0515. The standard InChI is InChI=1S/C13H13NO4/c1-3-17-13(16)12-11(8(2)18-14-12)9-4-6-10(15)7-5-9/h4-7,15H,3H2,1-2H3. The minimum absolute atomic E-state index is 0.153. The molecule has 0 atom stereocenters. The van der Waals surface area contributed by atoms with Crippen molar-refractivity contribution >= 4 is 5.97 Å². The number of aromatic nitrogens is 1. The molecule has 1 N–H and O–H groups in total. The number of ether oxygens (including phenoxy) is 1. The second-order valence-corrected chi connectivity index (χ2v) is 3.73. The highest BCUT2D eigenvalue weighted by Crippen LogP contribution is 2.28. The zero-order valence-corrected chi connectivity index (χ0v) is 10.1. The first kappa shape index (κ1) is 12.2. The third-order valence-corrected chi connectivity index (χ3v) is 2.49. The molecule has 0 spiro atoms. The van der Waals surface area contributed by atoms with Gasteiger partial charge in [0.25, 0.3) is 0 Å². The van der Waals surface area contributed by atoms with Crippen LogP contribution in [-0.2, 0) is 4.74 Å². The largest absolute Gasteiger partial charge is 0.508 e. The van der Waals surface area contributed by atoms with Gasteiger partial charge in [-0.2, -0.15) is 0 Å². The van der Waals surface area contributed by atoms with E-state index in [2.05, 4.69) is 5.16 Å². The summed E-state index contributed by atoms with van der Waals surface area (Å²) in [5.41, 5.74) is 1.49. The van der Waals surface area contributed by atoms with E-state index in [4.69, 9.17) is 9.26 Å². The normalized spacial score (nSPS) is 10.3. The summed E-state index contributed by atoms with van der Waals surface area (Å²) in [6.45, 7) is 3.72. The van der Waals surface area contributed by atoms with Crippen molar-refractivity contribution in [1.29, 1.82) is 0 Å². The molecule has 1 heterocycles. The number of phenolic OH excluding ortho intramolecular Hbond substituents is 1. The van der Waals surface area contributed by atoms with Crippen LogP contribution in [0.4, 0.5) is 0 Å². The predicted octanol–water partition coefficient (Wildman–Crippen LogP) is 2.53. The van der Waals surface area contributed by atoms with Gasteiger partial charge in [0.15, 0.2) is 5.69 Å². The molecular weight excluding hydrogens is 234 g/mol. The molecular formula is C13H13NO4. The van der Waals surface area contributed by atoms with Gasteiger partial charge in [0.05, 0.1) is 12.2 Å². The summed E-state index contributed by atoms with van der Waals surface area (Å²) >= 11 is 0. The van der Waals surface area contributed by atoms with E-state index in [1.807, 2.05) is 0 Å². The average molecular weight is 247 g/mol. The molecule has 0 fully saturated rings. The topological polar surface area (TPSA) is 72.6 Å². The van der Waals surface area contributed by atoms with Crippen LogP contribution in [-0.4, -0.2) is 22.8 Å². The molecule has 1 aromatic carbocycles. The summed E-state index contributed by atoms with van der Waals surface area (Å²) in [4.78, 5) is 11.7. The first-order chi connectivity index (χ1) is 8.63. The summed E-state index contributed by atoms with van der Waals surface area (Å²) < 4.78 is 9.95. The van der Waals surface area contributed by atoms with E-state index in [0.29, 0.717) is 11.3 Å². The highest BCUT2D eigenvalue weighted by atomic mass is 16.5. The highest BCUT2D eigenvalue weighted by Gasteiger charge is 2.22. The van der Waals surface area contributed by atoms with Crippen molar-refractivity contribution in [2.75, 3.05) is 6.61 Å². The fourth-order valence-corrected chi connectivity index (χ4v) is 1.68. The SMILES string of the molecule is CCOC(=O)c1noc(C)c1-c1ccc(O)cc1. The van der Waals surface area contributed by atoms with Gasteiger partial charge in [0.1, 0.15) is 11.5 Å². The monoisotopic (exact) mass is 247 g/mol. The quantitative estimate of drug-likeness (QED) is 0.844. The van der Waals surface area contributed by atoms with Gasteiger partial charge in [-0.3, -0.25) is 0 Å². The maximum Gasteiger partial charge on any atom is 0.361 e. The Morgan fingerprint density at radius 2 is 2.06 bits per heavy atom. The molecule has 0 unspecified atom stereocenters. The van der Waals surface area contributed by atoms with E-state index in [1.165, 1.54) is 12.1 Å². The van der Waals surface area contributed by atoms with Crippen molar-refractivity contribution in [3.05, 3.63) is 35.7 Å². The Kier molecular flexibility index (Phi) is 3.32. The van der Waals surface area contributed by atoms with Crippen LogP contribution in [0.2, 0.25) is 0 Å². The van der Waals surface area contributed by atoms with Crippen LogP contribution in [0.3, 0.4) is 0 Å². The fraction of sp³-hybridized carbons (Fsp3) is 0.231. The van der Waals surface area contributed by atoms with E-state index in [-0.39, 0.29) is 18.1 Å². The number of phenols is 1. The van der Waals surface area contributed by atoms with E-state index < -0.39 is 5.97 Å². The summed E-state index contributed by atoms with van der Waals surface area (Å²) in [5.74, 6) is 0.173. The van der Waals surface area contributed by atoms with Crippen LogP contribution >= 0.6 is 0 Å². The molecule has 2 rings (SSSR count). The number of rotatable bonds is 3. The molecule has 0 radical (unpaired) electrons. The zero-order valence-electron chi connectivity index (χ0n) is 10.1. The number of aromatic hydroxyl groups is 1. The lowest BCUT2D eigenvalue weighted by atomic mass is 10.0. The third kappa shape index (κ3) is 2.20. The van der Waals surface area contributed by atoms with E-state index >= 15 is 0 Å². The minimum atomic E-state index is -0.516. The molecule has 0 amide bonds. The van der Waals surface area contributed by atoms with Crippen LogP contribution in [0.15, 0.2) is 28.8 Å². The van der Waals surface area contributed by atoms with Gasteiger partial charge in [0.2, 0.25) is 0 Å². The van der Waals surface area contributed by atoms with Gasteiger partial charge < -0.3 is 14.4 Å². The smallest absolute Gasteiger partial charge is 0.361 e. The molecule has 0 aliphatic rings. The molecule has 5 nitrogen and oxygen atoms in total. The Morgan fingerprint density at radius 1 is 1.39 bits per heavy atom. The Hall–Kier alpha value is -2.30. The van der Waals surface area contributed by atoms with Gasteiger partial charge in [-0.1, -0.05) is 17.3 Å². The molecule has 0 aliphatic carbocycles. The number of benzene rings is 1. The van der Waals surface area contributed by atoms with E-state index in [9.17, 15) is 9.90 Å². The Morgan fingerprint density at radius 3 is 2.67 bits per heavy atom. The van der Waals surface area contributed by atoms with Gasteiger partial charge in [-0.15, -0.1) is 0 Å². The van der Waals surface area contributed by atoms with Gasteiger partial charge in [0, 0.05) is 0 Å². The number of esters is 1. The van der Waals surface area contributed by atoms with Crippen molar-refractivity contribution in [3.63, 3.8) is 0 Å². The summed E-state index contributed by atoms with van der Waals surface area (Å²) in [5, 5.41) is 13.0. The maximum atomic E-state index is 11.7. The number of carbonyl (C=O) groups is 1. The van der Waals surface area contributed by atoms with E-state index in [0.717, 1.165) is 5.56 Å². The van der Waals surface area contributed by atoms with Crippen LogP contribution in [0, 0.1) is 6.92 Å². The first-order valence-electron chi connectivity index (χ1n) is 5.56. The fourth-order valence-electron chi connectivity index (χ4n) is 1.68. The Labute approximate surface area is 104 Å². The van der Waals surface area contributed by atoms with Gasteiger partial charge in [-0.05, 0) is 31.5 Å². The number of hydrogen-bond donors (Lipinski definition) is 1. The van der Waals surface area contributed by atoms with Gasteiger partial charge in [-0.25, -0.2) is 4.79 Å². The van der Waals surface area contributed by atoms with Crippen molar-refractivity contribution in [1.82, 2.24) is 5.16 Å². The first-order valence-corrected chi connectivity index (χ1v) is 5.56. The predicted molar refractivity (Wildman–Crippen MR) is 64.3 cm³/mol. The van der Waals surface area contributed by atoms with Crippen molar-refractivity contribution < 1.29 is 19.2 Å². The number of aryl methyl sites for hydroxylation is 1. The molecule has 5 heteroatoms. The molecule has 0 saturated carbocycles. The molecule has 0 aliphatic heterocycles. The minimum Gasteiger partial charge on any atom is -0.508 e. The second kappa shape index (κ2) is 4.91. The van der Waals surface area contributed by atoms with Crippen molar-refractivity contribution in [2.45, 2.75) is 13.8 Å². The maximum absolute atomic E-state index is 11.7. The highest BCUT2D eigenvalue weighted by molar-refractivity contribution is 5.95. The second-order valence-electron chi connectivity index (χ2n) is 3.73. The van der Waals surface area contributed by atoms with Gasteiger partial charge >= 0.3 is 5.97 Å². The van der Waals surface area contributed by atoms with Crippen LogP contribution in [0.5, 0.6) is 5.75 Å². The summed E-state index contributed by atoms with van der Waals surface area (Å²) in [6.07, 6.45) is 0. The van der Waals surface area contributed by atoms with Crippen molar-refractivity contribution in [2.24, 2.45) is 0 Å². The van der Waals surface area contributed by atoms with E-state index in [1.54, 1.807) is 26.0 Å². The molecule has 0 bridgehead atoms. The molecule has 94 valence electrons. The number of carbonyl (C=O) groups excluding carboxylic acids is 1. The van der Waals surface area contributed by atoms with Crippen molar-refractivity contribution in [3.8, 4) is 16.9 Å². The molecule has 2 aromatic rings. The summed E-state index contributed by atoms with van der Waals surface area (Å²) in [6, 6.07) is 6.46. The zero-order chi connectivity index (χ0) is 13.1. The average Bonchev–Trinajstić information content (AvgIpc) is 2.73. The van der Waals surface area contributed by atoms with Crippen LogP contribution < -0.4 is 0 Å².